The first-order chi connectivity index (χ1) is 62.9. The number of hydroxylamine groups is 1. The van der Waals surface area contributed by atoms with E-state index in [1.54, 1.807) is 81.8 Å². The molecule has 12 aromatic carbocycles. The van der Waals surface area contributed by atoms with E-state index in [2.05, 4.69) is 158 Å². The fourth-order valence-corrected chi connectivity index (χ4v) is 15.1. The maximum Gasteiger partial charge on any atom is 0.488 e. The van der Waals surface area contributed by atoms with Crippen molar-refractivity contribution in [1.82, 2.24) is 85.4 Å². The molecule has 638 valence electrons. The van der Waals surface area contributed by atoms with Crippen LogP contribution in [0.3, 0.4) is 0 Å². The summed E-state index contributed by atoms with van der Waals surface area (Å²) in [5.74, 6) is -0.293. The molecule has 0 saturated heterocycles. The number of ether oxygens (including phenoxy) is 3. The first kappa shape index (κ1) is 87.3. The lowest BCUT2D eigenvalue weighted by atomic mass is 9.79. The van der Waals surface area contributed by atoms with Gasteiger partial charge in [0.15, 0.2) is 16.9 Å². The van der Waals surface area contributed by atoms with Gasteiger partial charge in [0.05, 0.1) is 95.1 Å². The van der Waals surface area contributed by atoms with Crippen molar-refractivity contribution in [2.75, 3.05) is 20.3 Å². The van der Waals surface area contributed by atoms with Crippen LogP contribution in [-0.4, -0.2) is 147 Å². The highest BCUT2D eigenvalue weighted by Crippen LogP contribution is 2.35. The predicted octanol–water partition coefficient (Wildman–Crippen LogP) is 16.9. The highest BCUT2D eigenvalue weighted by atomic mass is 35.5. The Hall–Kier alpha value is -15.2. The molecule has 28 nitrogen and oxygen atoms in total. The van der Waals surface area contributed by atoms with E-state index in [0.29, 0.717) is 115 Å². The number of aromatic nitrogens is 16. The van der Waals surface area contributed by atoms with E-state index in [4.69, 9.17) is 85.8 Å². The van der Waals surface area contributed by atoms with Gasteiger partial charge in [0.1, 0.15) is 38.7 Å². The summed E-state index contributed by atoms with van der Waals surface area (Å²) in [6.07, 6.45) is 1.79. The average Bonchev–Trinajstić information content (AvgIpc) is 1.67. The number of aliphatic hydroxyl groups excluding tert-OH is 1. The lowest BCUT2D eigenvalue weighted by Gasteiger charge is -2.09. The Morgan fingerprint density at radius 3 is 1.34 bits per heavy atom. The van der Waals surface area contributed by atoms with Crippen molar-refractivity contribution in [2.24, 2.45) is 0 Å². The van der Waals surface area contributed by atoms with Gasteiger partial charge < -0.3 is 29.4 Å². The summed E-state index contributed by atoms with van der Waals surface area (Å²) in [7, 11) is -0.211. The zero-order chi connectivity index (χ0) is 89.4. The summed E-state index contributed by atoms with van der Waals surface area (Å²) in [5, 5.41) is 70.1. The Bertz CT molecular complexity index is 7350. The molecule has 4 N–H and O–H groups in total. The number of benzene rings is 12. The number of nitrogens with zero attached hydrogens (tertiary/aromatic N) is 16. The summed E-state index contributed by atoms with van der Waals surface area (Å²) in [4.78, 5) is 67.4. The molecule has 0 aliphatic heterocycles. The van der Waals surface area contributed by atoms with Crippen LogP contribution in [0.2, 0.25) is 20.2 Å². The van der Waals surface area contributed by atoms with Gasteiger partial charge in [-0.1, -0.05) is 213 Å². The van der Waals surface area contributed by atoms with Crippen molar-refractivity contribution in [1.29, 1.82) is 0 Å². The maximum absolute atomic E-state index is 12.2. The molecule has 20 rings (SSSR count). The number of halogens is 4. The van der Waals surface area contributed by atoms with Gasteiger partial charge in [-0.05, 0) is 223 Å². The van der Waals surface area contributed by atoms with Crippen molar-refractivity contribution in [3.05, 3.63) is 350 Å². The number of aliphatic hydroxyl groups is 1. The van der Waals surface area contributed by atoms with Gasteiger partial charge in [0, 0.05) is 22.7 Å². The number of carbonyl (C=O) groups is 4. The number of nitrogens with one attached hydrogen (secondary N) is 1. The summed E-state index contributed by atoms with van der Waals surface area (Å²) in [5.41, 5.74) is 20.2. The second-order valence-electron chi connectivity index (χ2n) is 29.2. The molecule has 8 heterocycles. The molecule has 129 heavy (non-hydrogen) atoms. The molecule has 0 aliphatic rings. The summed E-state index contributed by atoms with van der Waals surface area (Å²) < 4.78 is 21.4. The monoisotopic (exact) mass is 1790 g/mol. The third-order valence-electron chi connectivity index (χ3n) is 20.7. The minimum atomic E-state index is -1.51. The number of hydrogen-bond donors (Lipinski definition) is 4. The normalized spacial score (nSPS) is 11.0. The molecule has 0 radical (unpaired) electrons. The van der Waals surface area contributed by atoms with E-state index in [1.807, 2.05) is 120 Å². The number of carbonyl (C=O) groups excluding carboxylic acids is 4. The SMILES string of the molecule is COC(=O)c1ccc(B(O)O)cc1C.Clc1ccc2nnn(Cc3ccc4ncccc4c3)c2n1.O=C(NOCCO)c1ccc(-c2ccc3nnn(Cc4ccc5ccccc5c4)c3c2)cc1Cl.O=COc1ccc(-c2ccc3nnn(Cc4ccc5ccccc5c4)c3n2)cc1Cl.O=COc1ccc(-c2ccc3nnn(Cc4ccc5ccccc5c4)c3n2)cc1Cl. The average molecular weight is 1790 g/mol. The highest BCUT2D eigenvalue weighted by Gasteiger charge is 2.20. The Labute approximate surface area is 754 Å². The van der Waals surface area contributed by atoms with Crippen LogP contribution in [-0.2, 0) is 45.3 Å². The van der Waals surface area contributed by atoms with Gasteiger partial charge in [-0.15, -0.1) is 20.4 Å². The molecule has 0 unspecified atom stereocenters. The first-order valence-corrected chi connectivity index (χ1v) is 41.5. The smallest absolute Gasteiger partial charge is 0.465 e. The Morgan fingerprint density at radius 2 is 0.845 bits per heavy atom. The molecule has 0 aliphatic carbocycles. The number of aryl methyl sites for hydroxylation is 1. The van der Waals surface area contributed by atoms with E-state index in [9.17, 15) is 19.2 Å². The Kier molecular flexibility index (Phi) is 27.4. The zero-order valence-corrected chi connectivity index (χ0v) is 71.5. The first-order valence-electron chi connectivity index (χ1n) is 39.9. The second kappa shape index (κ2) is 40.4. The number of methoxy groups -OCH3 is 1. The van der Waals surface area contributed by atoms with Crippen LogP contribution in [0.1, 0.15) is 48.5 Å². The Morgan fingerprint density at radius 1 is 0.419 bits per heavy atom. The molecule has 20 aromatic rings. The highest BCUT2D eigenvalue weighted by molar-refractivity contribution is 6.58. The lowest BCUT2D eigenvalue weighted by molar-refractivity contribution is -0.121. The van der Waals surface area contributed by atoms with E-state index < -0.39 is 19.0 Å². The van der Waals surface area contributed by atoms with Crippen molar-refractivity contribution in [3.8, 4) is 45.1 Å². The maximum atomic E-state index is 12.2. The second-order valence-corrected chi connectivity index (χ2v) is 30.8. The number of amides is 1. The fraction of sp³-hybridized carbons (Fsp3) is 0.0833. The summed E-state index contributed by atoms with van der Waals surface area (Å²) >= 11 is 24.7. The molecule has 0 atom stereocenters. The van der Waals surface area contributed by atoms with Crippen LogP contribution in [0, 0.1) is 6.92 Å². The van der Waals surface area contributed by atoms with Crippen LogP contribution in [0.25, 0.3) is 121 Å². The number of rotatable bonds is 21. The van der Waals surface area contributed by atoms with Gasteiger partial charge in [-0.2, -0.15) is 0 Å². The van der Waals surface area contributed by atoms with Gasteiger partial charge in [0.25, 0.3) is 18.9 Å². The molecule has 0 fully saturated rings. The fourth-order valence-electron chi connectivity index (χ4n) is 14.3. The van der Waals surface area contributed by atoms with Crippen molar-refractivity contribution >= 4 is 172 Å². The van der Waals surface area contributed by atoms with Gasteiger partial charge in [-0.25, -0.2) is 44.0 Å². The molecular weight excluding hydrogens is 1720 g/mol. The molecule has 1 amide bonds. The van der Waals surface area contributed by atoms with E-state index >= 15 is 0 Å². The van der Waals surface area contributed by atoms with Crippen LogP contribution in [0.4, 0.5) is 0 Å². The lowest BCUT2D eigenvalue weighted by Crippen LogP contribution is -2.30. The molecule has 0 saturated carbocycles. The summed E-state index contributed by atoms with van der Waals surface area (Å²) in [6, 6.07) is 90.9. The molecule has 8 aromatic heterocycles. The van der Waals surface area contributed by atoms with E-state index in [0.717, 1.165) is 83.3 Å². The van der Waals surface area contributed by atoms with E-state index in [1.165, 1.54) is 57.6 Å². The minimum Gasteiger partial charge on any atom is -0.465 e. The van der Waals surface area contributed by atoms with Crippen molar-refractivity contribution in [2.45, 2.75) is 33.1 Å². The minimum absolute atomic E-state index is 0.00236. The van der Waals surface area contributed by atoms with Gasteiger partial charge >= 0.3 is 13.1 Å². The zero-order valence-electron chi connectivity index (χ0n) is 68.5. The quantitative estimate of drug-likeness (QED) is 0.0130. The third-order valence-corrected chi connectivity index (χ3v) is 21.8. The topological polar surface area (TPSA) is 352 Å². The van der Waals surface area contributed by atoms with Crippen LogP contribution < -0.4 is 20.4 Å². The third kappa shape index (κ3) is 20.8. The molecule has 0 bridgehead atoms. The van der Waals surface area contributed by atoms with Crippen molar-refractivity contribution < 1.29 is 53.4 Å². The van der Waals surface area contributed by atoms with Crippen LogP contribution in [0.5, 0.6) is 11.5 Å². The van der Waals surface area contributed by atoms with Gasteiger partial charge in [0.2, 0.25) is 0 Å². The standard InChI is InChI=1S/C26H21ClN4O3.2C23H15ClN4O2.C15H10ClN5.C9H11BO4/c27-23-14-20(7-9-22(23)26(33)29-34-12-11-32)21-8-10-24-25(15-21)31(30-28-24)16-17-5-6-18-3-1-2-4-19(18)13-17;2*24-19-12-18(7-10-22(19)30-14-29)20-8-9-21-23(25-20)28(27-26-21)13-15-5-6-16-3-1-2-4-17(16)11-15;16-14-6-5-13-15(18-14)21(20-19-13)9-10-3-4-12-11(8-10)2-1-7-17-12;1-6-5-7(10(12)13)3-4-8(6)9(11)14-2/h1-10,13-15,32H,11-12,16H2,(H,29,33);2*1-12,14H,13H2;1-8H,9H2;3-5,12-13H,1-2H3. The summed E-state index contributed by atoms with van der Waals surface area (Å²) in [6.45, 7) is 4.52. The van der Waals surface area contributed by atoms with Crippen LogP contribution in [0.15, 0.2) is 291 Å². The Balaban J connectivity index is 0.000000121. The number of pyridine rings is 4. The van der Waals surface area contributed by atoms with Crippen LogP contribution >= 0.6 is 46.4 Å². The largest absolute Gasteiger partial charge is 0.488 e. The molecular formula is C96H72BCl4N17O11. The molecule has 33 heteroatoms. The predicted molar refractivity (Wildman–Crippen MR) is 496 cm³/mol. The number of hydrogen-bond acceptors (Lipinski definition) is 23. The van der Waals surface area contributed by atoms with Crippen molar-refractivity contribution in [3.63, 3.8) is 0 Å². The number of esters is 1. The number of fused-ring (bicyclic) bond motifs is 8. The van der Waals surface area contributed by atoms with Gasteiger partial charge in [-0.3, -0.25) is 24.2 Å². The molecule has 0 spiro atoms. The van der Waals surface area contributed by atoms with E-state index in [-0.39, 0.29) is 18.8 Å².